The summed E-state index contributed by atoms with van der Waals surface area (Å²) in [6.45, 7) is 0. The average Bonchev–Trinajstić information content (AvgIpc) is 3.56. The third-order valence-corrected chi connectivity index (χ3v) is 10.3. The summed E-state index contributed by atoms with van der Waals surface area (Å²) in [4.78, 5) is 10.2. The maximum atomic E-state index is 5.11. The second kappa shape index (κ2) is 12.5. The van der Waals surface area contributed by atoms with Crippen molar-refractivity contribution in [1.29, 1.82) is 0 Å². The van der Waals surface area contributed by atoms with E-state index in [9.17, 15) is 0 Å². The van der Waals surface area contributed by atoms with E-state index >= 15 is 0 Å². The molecule has 9 aromatic rings. The topological polar surface area (TPSA) is 25.8 Å². The molecule has 0 aliphatic heterocycles. The van der Waals surface area contributed by atoms with Gasteiger partial charge >= 0.3 is 0 Å². The molecule has 2 nitrogen and oxygen atoms in total. The normalized spacial score (nSPS) is 11.5. The molecule has 0 N–H and O–H groups in total. The third-order valence-electron chi connectivity index (χ3n) is 10.3. The van der Waals surface area contributed by atoms with Crippen molar-refractivity contribution in [3.05, 3.63) is 194 Å². The van der Waals surface area contributed by atoms with E-state index in [0.717, 1.165) is 39.2 Å². The van der Waals surface area contributed by atoms with Crippen LogP contribution in [-0.2, 0) is 0 Å². The van der Waals surface area contributed by atoms with Gasteiger partial charge in [0.1, 0.15) is 0 Å². The number of hydrogen-bond acceptors (Lipinski definition) is 2. The van der Waals surface area contributed by atoms with Gasteiger partial charge in [-0.25, -0.2) is 9.97 Å². The molecule has 242 valence electrons. The quantitative estimate of drug-likeness (QED) is 0.177. The second-order valence-electron chi connectivity index (χ2n) is 13.4. The van der Waals surface area contributed by atoms with E-state index in [1.807, 2.05) is 24.3 Å². The molecule has 1 heterocycles. The Bertz CT molecular complexity index is 2720. The lowest BCUT2D eigenvalue weighted by molar-refractivity contribution is 1.18. The fourth-order valence-electron chi connectivity index (χ4n) is 7.68. The van der Waals surface area contributed by atoms with E-state index in [1.165, 1.54) is 55.3 Å². The van der Waals surface area contributed by atoms with Crippen LogP contribution in [0, 0.1) is 0 Å². The van der Waals surface area contributed by atoms with Crippen LogP contribution in [0.2, 0.25) is 0 Å². The predicted octanol–water partition coefficient (Wildman–Crippen LogP) is 13.3. The SMILES string of the molecule is c1ccc(-c2ccc(-c3cc(-c4cccc(-c5ccc(-c6ccc7c8c(cccc68)-c6ccccc6-7)cc5)c4)nc(-c4ccccc4)n3)cc2)cc1. The average molecular weight is 661 g/mol. The Kier molecular flexibility index (Phi) is 7.18. The van der Waals surface area contributed by atoms with Gasteiger partial charge in [0.05, 0.1) is 11.4 Å². The number of rotatable bonds is 6. The van der Waals surface area contributed by atoms with Crippen molar-refractivity contribution in [1.82, 2.24) is 9.97 Å². The van der Waals surface area contributed by atoms with Crippen molar-refractivity contribution in [3.8, 4) is 89.5 Å². The van der Waals surface area contributed by atoms with Crippen molar-refractivity contribution in [2.45, 2.75) is 0 Å². The first-order valence-corrected chi connectivity index (χ1v) is 17.7. The zero-order valence-electron chi connectivity index (χ0n) is 28.4. The zero-order chi connectivity index (χ0) is 34.4. The number of fused-ring (bicyclic) bond motifs is 3. The summed E-state index contributed by atoms with van der Waals surface area (Å²) in [5, 5.41) is 2.65. The molecule has 0 fully saturated rings. The lowest BCUT2D eigenvalue weighted by Gasteiger charge is -2.12. The molecule has 0 radical (unpaired) electrons. The van der Waals surface area contributed by atoms with E-state index in [4.69, 9.17) is 9.97 Å². The first-order valence-electron chi connectivity index (χ1n) is 17.7. The number of aromatic nitrogens is 2. The molecule has 8 aromatic carbocycles. The third kappa shape index (κ3) is 5.21. The highest BCUT2D eigenvalue weighted by Crippen LogP contribution is 2.49. The summed E-state index contributed by atoms with van der Waals surface area (Å²) < 4.78 is 0. The van der Waals surface area contributed by atoms with Crippen molar-refractivity contribution in [2.24, 2.45) is 0 Å². The molecule has 10 rings (SSSR count). The minimum Gasteiger partial charge on any atom is -0.228 e. The Balaban J connectivity index is 1.00. The van der Waals surface area contributed by atoms with Gasteiger partial charge in [-0.05, 0) is 78.5 Å². The summed E-state index contributed by atoms with van der Waals surface area (Å²) in [7, 11) is 0. The van der Waals surface area contributed by atoms with E-state index < -0.39 is 0 Å². The molecule has 0 atom stereocenters. The Morgan fingerprint density at radius 1 is 0.250 bits per heavy atom. The van der Waals surface area contributed by atoms with Crippen molar-refractivity contribution < 1.29 is 0 Å². The van der Waals surface area contributed by atoms with Gasteiger partial charge in [-0.1, -0.05) is 182 Å². The first kappa shape index (κ1) is 30.0. The zero-order valence-corrected chi connectivity index (χ0v) is 28.4. The van der Waals surface area contributed by atoms with Crippen LogP contribution in [0.4, 0.5) is 0 Å². The van der Waals surface area contributed by atoms with E-state index in [-0.39, 0.29) is 0 Å². The summed E-state index contributed by atoms with van der Waals surface area (Å²) in [6.07, 6.45) is 0. The van der Waals surface area contributed by atoms with Gasteiger partial charge in [-0.3, -0.25) is 0 Å². The fraction of sp³-hybridized carbons (Fsp3) is 0. The van der Waals surface area contributed by atoms with Crippen LogP contribution in [0.15, 0.2) is 194 Å². The lowest BCUT2D eigenvalue weighted by atomic mass is 9.93. The molecule has 1 aromatic heterocycles. The predicted molar refractivity (Wildman–Crippen MR) is 217 cm³/mol. The minimum atomic E-state index is 0.712. The molecule has 52 heavy (non-hydrogen) atoms. The van der Waals surface area contributed by atoms with Crippen molar-refractivity contribution in [3.63, 3.8) is 0 Å². The van der Waals surface area contributed by atoms with Gasteiger partial charge < -0.3 is 0 Å². The van der Waals surface area contributed by atoms with Gasteiger partial charge in [0.15, 0.2) is 5.82 Å². The van der Waals surface area contributed by atoms with Crippen LogP contribution in [0.1, 0.15) is 0 Å². The lowest BCUT2D eigenvalue weighted by Crippen LogP contribution is -1.96. The van der Waals surface area contributed by atoms with Crippen molar-refractivity contribution in [2.75, 3.05) is 0 Å². The van der Waals surface area contributed by atoms with Crippen LogP contribution in [0.3, 0.4) is 0 Å². The highest BCUT2D eigenvalue weighted by Gasteiger charge is 2.22. The number of nitrogens with zero attached hydrogens (tertiary/aromatic N) is 2. The molecule has 0 bridgehead atoms. The molecule has 0 unspecified atom stereocenters. The minimum absolute atomic E-state index is 0.712. The summed E-state index contributed by atoms with van der Waals surface area (Å²) >= 11 is 0. The van der Waals surface area contributed by atoms with Crippen LogP contribution in [0.5, 0.6) is 0 Å². The molecule has 0 spiro atoms. The van der Waals surface area contributed by atoms with Crippen LogP contribution in [-0.4, -0.2) is 9.97 Å². The first-order chi connectivity index (χ1) is 25.8. The highest BCUT2D eigenvalue weighted by atomic mass is 14.9. The second-order valence-corrected chi connectivity index (χ2v) is 13.4. The number of benzene rings is 8. The Labute approximate surface area is 303 Å². The number of hydrogen-bond donors (Lipinski definition) is 0. The summed E-state index contributed by atoms with van der Waals surface area (Å²) in [6, 6.07) is 69.1. The molecule has 2 heteroatoms. The molecule has 1 aliphatic carbocycles. The largest absolute Gasteiger partial charge is 0.228 e. The van der Waals surface area contributed by atoms with E-state index in [1.54, 1.807) is 0 Å². The van der Waals surface area contributed by atoms with Crippen molar-refractivity contribution >= 4 is 10.8 Å². The van der Waals surface area contributed by atoms with Gasteiger partial charge in [0.2, 0.25) is 0 Å². The van der Waals surface area contributed by atoms with Gasteiger partial charge in [-0.15, -0.1) is 0 Å². The van der Waals surface area contributed by atoms with Crippen LogP contribution >= 0.6 is 0 Å². The fourth-order valence-corrected chi connectivity index (χ4v) is 7.68. The Hall–Kier alpha value is -6.90. The molecule has 0 amide bonds. The van der Waals surface area contributed by atoms with E-state index in [2.05, 4.69) is 170 Å². The molecular weight excluding hydrogens is 629 g/mol. The smallest absolute Gasteiger partial charge is 0.160 e. The highest BCUT2D eigenvalue weighted by molar-refractivity contribution is 6.18. The monoisotopic (exact) mass is 660 g/mol. The Morgan fingerprint density at radius 3 is 1.42 bits per heavy atom. The standard InChI is InChI=1S/C50H32N2/c1-3-11-33(12-4-1)34-23-27-37(28-24-34)47-32-48(52-50(51-47)38-13-5-2-6-14-38)40-16-9-15-39(31-40)35-21-25-36(26-22-35)41-29-30-46-43-18-8-7-17-42(43)45-20-10-19-44(41)49(45)46/h1-32H. The van der Waals surface area contributed by atoms with E-state index in [0.29, 0.717) is 5.82 Å². The molecule has 0 saturated carbocycles. The van der Waals surface area contributed by atoms with Crippen LogP contribution < -0.4 is 0 Å². The van der Waals surface area contributed by atoms with Gasteiger partial charge in [0.25, 0.3) is 0 Å². The maximum absolute atomic E-state index is 5.11. The maximum Gasteiger partial charge on any atom is 0.160 e. The molecular formula is C50H32N2. The van der Waals surface area contributed by atoms with Crippen LogP contribution in [0.25, 0.3) is 100 Å². The molecule has 1 aliphatic rings. The van der Waals surface area contributed by atoms with Gasteiger partial charge in [-0.2, -0.15) is 0 Å². The summed E-state index contributed by atoms with van der Waals surface area (Å²) in [5.41, 5.74) is 17.3. The Morgan fingerprint density at radius 2 is 0.712 bits per heavy atom. The summed E-state index contributed by atoms with van der Waals surface area (Å²) in [5.74, 6) is 0.712. The molecule has 0 saturated heterocycles. The van der Waals surface area contributed by atoms with Gasteiger partial charge in [0, 0.05) is 16.7 Å².